The van der Waals surface area contributed by atoms with Crippen LogP contribution in [-0.2, 0) is 4.74 Å². The number of aromatic nitrogens is 2. The summed E-state index contributed by atoms with van der Waals surface area (Å²) in [6, 6.07) is 9.01. The number of carbonyl (C=O) groups is 1. The topological polar surface area (TPSA) is 61.3 Å². The maximum absolute atomic E-state index is 11.4. The van der Waals surface area contributed by atoms with Gasteiger partial charge in [0.05, 0.1) is 12.8 Å². The van der Waals surface area contributed by atoms with Gasteiger partial charge in [0.15, 0.2) is 6.07 Å². The van der Waals surface area contributed by atoms with Gasteiger partial charge in [-0.2, -0.15) is 0 Å². The second kappa shape index (κ2) is 6.15. The Morgan fingerprint density at radius 2 is 2.21 bits per heavy atom. The third-order valence-electron chi connectivity index (χ3n) is 2.37. The van der Waals surface area contributed by atoms with Crippen LogP contribution in [0.25, 0.3) is 11.3 Å². The SMILES string of the molecule is COC(=O)c1nccc(-c2cccc(OCCl)c2)n1. The molecule has 0 saturated carbocycles. The van der Waals surface area contributed by atoms with Crippen molar-refractivity contribution in [3.63, 3.8) is 0 Å². The molecule has 0 N–H and O–H groups in total. The Hall–Kier alpha value is -2.14. The monoisotopic (exact) mass is 278 g/mol. The summed E-state index contributed by atoms with van der Waals surface area (Å²) in [5.74, 6) is 0.0735. The first-order valence-corrected chi connectivity index (χ1v) is 5.98. The van der Waals surface area contributed by atoms with E-state index in [0.717, 1.165) is 5.56 Å². The molecule has 1 aromatic heterocycles. The fourth-order valence-electron chi connectivity index (χ4n) is 1.52. The molecule has 0 radical (unpaired) electrons. The molecular weight excluding hydrogens is 268 g/mol. The van der Waals surface area contributed by atoms with Crippen molar-refractivity contribution in [2.75, 3.05) is 13.2 Å². The number of carbonyl (C=O) groups excluding carboxylic acids is 1. The summed E-state index contributed by atoms with van der Waals surface area (Å²) in [5.41, 5.74) is 1.41. The Kier molecular flexibility index (Phi) is 4.30. The lowest BCUT2D eigenvalue weighted by Crippen LogP contribution is -2.07. The van der Waals surface area contributed by atoms with Crippen molar-refractivity contribution < 1.29 is 14.3 Å². The minimum Gasteiger partial charge on any atom is -0.478 e. The highest BCUT2D eigenvalue weighted by Gasteiger charge is 2.10. The molecule has 19 heavy (non-hydrogen) atoms. The van der Waals surface area contributed by atoms with Gasteiger partial charge in [-0.05, 0) is 18.2 Å². The largest absolute Gasteiger partial charge is 0.478 e. The smallest absolute Gasteiger partial charge is 0.376 e. The van der Waals surface area contributed by atoms with Crippen molar-refractivity contribution in [1.82, 2.24) is 9.97 Å². The first-order chi connectivity index (χ1) is 9.24. The number of esters is 1. The highest BCUT2D eigenvalue weighted by Crippen LogP contribution is 2.22. The van der Waals surface area contributed by atoms with E-state index in [9.17, 15) is 4.79 Å². The van der Waals surface area contributed by atoms with Crippen molar-refractivity contribution in [3.05, 3.63) is 42.4 Å². The van der Waals surface area contributed by atoms with Gasteiger partial charge in [0.1, 0.15) is 5.75 Å². The lowest BCUT2D eigenvalue weighted by molar-refractivity contribution is 0.0587. The number of hydrogen-bond acceptors (Lipinski definition) is 5. The predicted octanol–water partition coefficient (Wildman–Crippen LogP) is 2.51. The molecule has 6 heteroatoms. The molecule has 2 aromatic rings. The van der Waals surface area contributed by atoms with Crippen LogP contribution < -0.4 is 4.74 Å². The normalized spacial score (nSPS) is 10.0. The lowest BCUT2D eigenvalue weighted by atomic mass is 10.1. The Balaban J connectivity index is 2.36. The minimum absolute atomic E-state index is 0.0173. The van der Waals surface area contributed by atoms with Gasteiger partial charge >= 0.3 is 5.97 Å². The van der Waals surface area contributed by atoms with Crippen LogP contribution in [0.15, 0.2) is 36.5 Å². The molecule has 2 rings (SSSR count). The number of halogens is 1. The quantitative estimate of drug-likeness (QED) is 0.635. The molecule has 0 spiro atoms. The Morgan fingerprint density at radius 1 is 1.37 bits per heavy atom. The summed E-state index contributed by atoms with van der Waals surface area (Å²) in [7, 11) is 1.29. The summed E-state index contributed by atoms with van der Waals surface area (Å²) in [4.78, 5) is 19.4. The van der Waals surface area contributed by atoms with E-state index >= 15 is 0 Å². The highest BCUT2D eigenvalue weighted by atomic mass is 35.5. The molecule has 0 unspecified atom stereocenters. The van der Waals surface area contributed by atoms with Crippen LogP contribution >= 0.6 is 11.6 Å². The summed E-state index contributed by atoms with van der Waals surface area (Å²) in [6.07, 6.45) is 1.50. The number of methoxy groups -OCH3 is 1. The van der Waals surface area contributed by atoms with Gasteiger partial charge in [-0.15, -0.1) is 0 Å². The maximum atomic E-state index is 11.4. The second-order valence-electron chi connectivity index (χ2n) is 3.54. The van der Waals surface area contributed by atoms with Crippen LogP contribution in [-0.4, -0.2) is 29.1 Å². The van der Waals surface area contributed by atoms with E-state index in [2.05, 4.69) is 14.7 Å². The molecular formula is C13H11ClN2O3. The molecule has 1 heterocycles. The minimum atomic E-state index is -0.574. The number of benzene rings is 1. The summed E-state index contributed by atoms with van der Waals surface area (Å²) >= 11 is 5.51. The van der Waals surface area contributed by atoms with E-state index in [4.69, 9.17) is 16.3 Å². The molecule has 0 saturated heterocycles. The van der Waals surface area contributed by atoms with Gasteiger partial charge in [-0.25, -0.2) is 14.8 Å². The maximum Gasteiger partial charge on any atom is 0.376 e. The molecule has 0 bridgehead atoms. The van der Waals surface area contributed by atoms with E-state index in [-0.39, 0.29) is 11.9 Å². The number of rotatable bonds is 4. The van der Waals surface area contributed by atoms with Gasteiger partial charge in [0.25, 0.3) is 0 Å². The van der Waals surface area contributed by atoms with Crippen LogP contribution in [0.1, 0.15) is 10.6 Å². The summed E-state index contributed by atoms with van der Waals surface area (Å²) < 4.78 is 9.78. The third kappa shape index (κ3) is 3.20. The third-order valence-corrected chi connectivity index (χ3v) is 2.48. The second-order valence-corrected chi connectivity index (χ2v) is 3.76. The highest BCUT2D eigenvalue weighted by molar-refractivity contribution is 6.17. The lowest BCUT2D eigenvalue weighted by Gasteiger charge is -2.05. The molecule has 0 amide bonds. The van der Waals surface area contributed by atoms with Crippen LogP contribution in [0.2, 0.25) is 0 Å². The van der Waals surface area contributed by atoms with E-state index in [0.29, 0.717) is 11.4 Å². The molecule has 98 valence electrons. The zero-order valence-electron chi connectivity index (χ0n) is 10.2. The average molecular weight is 279 g/mol. The van der Waals surface area contributed by atoms with E-state index in [1.165, 1.54) is 13.3 Å². The number of ether oxygens (including phenoxy) is 2. The summed E-state index contributed by atoms with van der Waals surface area (Å²) in [5, 5.41) is 0. The van der Waals surface area contributed by atoms with Gasteiger partial charge in [0.2, 0.25) is 5.82 Å². The van der Waals surface area contributed by atoms with E-state index < -0.39 is 5.97 Å². The van der Waals surface area contributed by atoms with Crippen molar-refractivity contribution >= 4 is 17.6 Å². The summed E-state index contributed by atoms with van der Waals surface area (Å²) in [6.45, 7) is 0. The number of hydrogen-bond donors (Lipinski definition) is 0. The average Bonchev–Trinajstić information content (AvgIpc) is 2.47. The number of alkyl halides is 1. The van der Waals surface area contributed by atoms with Crippen LogP contribution in [0.5, 0.6) is 5.75 Å². The van der Waals surface area contributed by atoms with Crippen molar-refractivity contribution in [2.45, 2.75) is 0 Å². The zero-order valence-corrected chi connectivity index (χ0v) is 10.9. The van der Waals surface area contributed by atoms with E-state index in [1.54, 1.807) is 18.2 Å². The Bertz CT molecular complexity index is 590. The molecule has 0 atom stereocenters. The Morgan fingerprint density at radius 3 is 2.95 bits per heavy atom. The van der Waals surface area contributed by atoms with Crippen LogP contribution in [0.4, 0.5) is 0 Å². The first kappa shape index (κ1) is 13.3. The zero-order chi connectivity index (χ0) is 13.7. The Labute approximate surface area is 115 Å². The molecule has 0 fully saturated rings. The fraction of sp³-hybridized carbons (Fsp3) is 0.154. The fourth-order valence-corrected chi connectivity index (χ4v) is 1.64. The standard InChI is InChI=1S/C13H11ClN2O3/c1-18-13(17)12-15-6-5-11(16-12)9-3-2-4-10(7-9)19-8-14/h2-7H,8H2,1H3. The van der Waals surface area contributed by atoms with Crippen molar-refractivity contribution in [3.8, 4) is 17.0 Å². The van der Waals surface area contributed by atoms with E-state index in [1.807, 2.05) is 12.1 Å². The molecule has 0 aliphatic heterocycles. The van der Waals surface area contributed by atoms with Gasteiger partial charge in [0, 0.05) is 11.8 Å². The molecule has 0 aliphatic rings. The van der Waals surface area contributed by atoms with Gasteiger partial charge in [-0.3, -0.25) is 0 Å². The predicted molar refractivity (Wildman–Crippen MR) is 70.2 cm³/mol. The van der Waals surface area contributed by atoms with Crippen LogP contribution in [0, 0.1) is 0 Å². The van der Waals surface area contributed by atoms with Gasteiger partial charge in [-0.1, -0.05) is 23.7 Å². The van der Waals surface area contributed by atoms with Crippen molar-refractivity contribution in [1.29, 1.82) is 0 Å². The van der Waals surface area contributed by atoms with Crippen LogP contribution in [0.3, 0.4) is 0 Å². The molecule has 5 nitrogen and oxygen atoms in total. The first-order valence-electron chi connectivity index (χ1n) is 5.45. The van der Waals surface area contributed by atoms with Gasteiger partial charge < -0.3 is 9.47 Å². The van der Waals surface area contributed by atoms with Crippen molar-refractivity contribution in [2.24, 2.45) is 0 Å². The number of nitrogens with zero attached hydrogens (tertiary/aromatic N) is 2. The molecule has 1 aromatic carbocycles. The molecule has 0 aliphatic carbocycles.